The van der Waals surface area contributed by atoms with Crippen LogP contribution in [0.5, 0.6) is 0 Å². The van der Waals surface area contributed by atoms with Crippen LogP contribution >= 0.6 is 0 Å². The van der Waals surface area contributed by atoms with Gasteiger partial charge in [-0.2, -0.15) is 0 Å². The minimum atomic E-state index is -1.11. The molecule has 3 aromatic rings. The molecule has 0 spiro atoms. The van der Waals surface area contributed by atoms with Crippen LogP contribution in [-0.2, 0) is 14.3 Å². The van der Waals surface area contributed by atoms with E-state index in [0.717, 1.165) is 11.1 Å². The van der Waals surface area contributed by atoms with Crippen molar-refractivity contribution < 1.29 is 14.3 Å². The van der Waals surface area contributed by atoms with Crippen molar-refractivity contribution in [1.82, 2.24) is 0 Å². The molecule has 4 nitrogen and oxygen atoms in total. The van der Waals surface area contributed by atoms with E-state index in [-0.39, 0.29) is 20.9 Å². The third-order valence-corrected chi connectivity index (χ3v) is 7.59. The second-order valence-electron chi connectivity index (χ2n) is 7.45. The molecule has 0 radical (unpaired) electrons. The quantitative estimate of drug-likeness (QED) is 0.350. The first-order valence-corrected chi connectivity index (χ1v) is 12.6. The molecule has 0 saturated carbocycles. The molecular weight excluding hydrogens is 465 g/mol. The number of rotatable bonds is 8. The number of nitrogens with zero attached hydrogens (tertiary/aromatic N) is 1. The summed E-state index contributed by atoms with van der Waals surface area (Å²) in [5, 5.41) is 0.713. The molecule has 0 fully saturated rings. The van der Waals surface area contributed by atoms with E-state index in [0.29, 0.717) is 17.6 Å². The molecule has 0 amide bonds. The molecule has 0 unspecified atom stereocenters. The van der Waals surface area contributed by atoms with E-state index in [9.17, 15) is 4.79 Å². The Morgan fingerprint density at radius 2 is 1.62 bits per heavy atom. The van der Waals surface area contributed by atoms with Crippen molar-refractivity contribution in [2.45, 2.75) is 23.4 Å². The molecule has 162 valence electrons. The summed E-state index contributed by atoms with van der Waals surface area (Å²) in [6.45, 7) is 0. The van der Waals surface area contributed by atoms with Crippen molar-refractivity contribution in [1.29, 1.82) is 0 Å². The first kappa shape index (κ1) is 22.1. The van der Waals surface area contributed by atoms with E-state index in [1.165, 1.54) is 11.6 Å². The Morgan fingerprint density at radius 3 is 2.28 bits per heavy atom. The number of hydrogen-bond acceptors (Lipinski definition) is 4. The zero-order valence-electron chi connectivity index (χ0n) is 17.9. The van der Waals surface area contributed by atoms with Gasteiger partial charge in [0.25, 0.3) is 0 Å². The second-order valence-corrected chi connectivity index (χ2v) is 9.74. The number of aliphatic imine (C=N–C) groups is 1. The van der Waals surface area contributed by atoms with Crippen LogP contribution in [0.4, 0.5) is 0 Å². The Morgan fingerprint density at radius 1 is 1.00 bits per heavy atom. The summed E-state index contributed by atoms with van der Waals surface area (Å²) in [5.41, 5.74) is 0.827. The number of esters is 1. The van der Waals surface area contributed by atoms with Gasteiger partial charge in [-0.15, -0.1) is 0 Å². The molecule has 0 N–H and O–H groups in total. The number of benzene rings is 3. The molecule has 1 aliphatic heterocycles. The third kappa shape index (κ3) is 5.01. The van der Waals surface area contributed by atoms with Gasteiger partial charge in [0.05, 0.1) is 0 Å². The van der Waals surface area contributed by atoms with Crippen LogP contribution in [0.1, 0.15) is 17.5 Å². The van der Waals surface area contributed by atoms with Crippen LogP contribution in [0.3, 0.4) is 0 Å². The zero-order valence-corrected chi connectivity index (χ0v) is 19.6. The van der Waals surface area contributed by atoms with Gasteiger partial charge in [0.2, 0.25) is 0 Å². The normalized spacial score (nSPS) is 20.0. The number of ether oxygens (including phenoxy) is 2. The number of carbonyl (C=O) groups is 1. The fraction of sp³-hybridized carbons (Fsp3) is 0.185. The van der Waals surface area contributed by atoms with E-state index < -0.39 is 11.6 Å². The maximum atomic E-state index is 13.1. The molecular formula is C27H25NO3Se. The van der Waals surface area contributed by atoms with Gasteiger partial charge in [0, 0.05) is 0 Å². The van der Waals surface area contributed by atoms with Crippen molar-refractivity contribution in [3.05, 3.63) is 108 Å². The number of methoxy groups -OCH3 is 1. The molecule has 1 heterocycles. The summed E-state index contributed by atoms with van der Waals surface area (Å²) in [4.78, 5) is 18.0. The predicted octanol–water partition coefficient (Wildman–Crippen LogP) is 4.30. The Kier molecular flexibility index (Phi) is 7.21. The van der Waals surface area contributed by atoms with Gasteiger partial charge in [-0.05, 0) is 0 Å². The minimum absolute atomic E-state index is 0.135. The molecule has 0 saturated heterocycles. The van der Waals surface area contributed by atoms with Crippen LogP contribution < -0.4 is 4.46 Å². The number of hydrogen-bond donors (Lipinski definition) is 0. The first-order valence-electron chi connectivity index (χ1n) is 10.5. The van der Waals surface area contributed by atoms with Gasteiger partial charge in [0.15, 0.2) is 0 Å². The molecule has 4 rings (SSSR count). The molecule has 0 aromatic heterocycles. The van der Waals surface area contributed by atoms with Crippen LogP contribution in [-0.4, -0.2) is 45.6 Å². The van der Waals surface area contributed by atoms with Crippen molar-refractivity contribution >= 4 is 37.4 Å². The fourth-order valence-electron chi connectivity index (χ4n) is 3.64. The summed E-state index contributed by atoms with van der Waals surface area (Å²) >= 11 is 0.135. The van der Waals surface area contributed by atoms with Crippen LogP contribution in [0.15, 0.2) is 102 Å². The molecule has 2 atom stereocenters. The zero-order chi connectivity index (χ0) is 22.2. The van der Waals surface area contributed by atoms with Gasteiger partial charge < -0.3 is 0 Å². The molecule has 5 heteroatoms. The molecule has 32 heavy (non-hydrogen) atoms. The first-order chi connectivity index (χ1) is 15.7. The third-order valence-electron chi connectivity index (χ3n) is 5.33. The Hall–Kier alpha value is -3.14. The summed E-state index contributed by atoms with van der Waals surface area (Å²) in [6.07, 6.45) is 4.02. The van der Waals surface area contributed by atoms with Crippen molar-refractivity contribution in [3.63, 3.8) is 0 Å². The average Bonchev–Trinajstić information content (AvgIpc) is 3.23. The van der Waals surface area contributed by atoms with E-state index in [4.69, 9.17) is 14.5 Å². The molecule has 3 aromatic carbocycles. The van der Waals surface area contributed by atoms with Crippen molar-refractivity contribution in [2.24, 2.45) is 4.99 Å². The van der Waals surface area contributed by atoms with Gasteiger partial charge in [0.1, 0.15) is 0 Å². The van der Waals surface area contributed by atoms with E-state index in [2.05, 4.69) is 12.1 Å². The monoisotopic (exact) mass is 491 g/mol. The Bertz CT molecular complexity index is 1080. The second kappa shape index (κ2) is 10.4. The molecule has 0 bridgehead atoms. The SMILES string of the molecule is COC(=O)[C@]1(C/C=C/c2ccccc2)N=C(c2ccccc2)O[C@@H]1C[Se]c1ccccc1. The molecule has 1 aliphatic rings. The standard InChI is InChI=1S/C27H25NO3Se/c1-30-26(29)27(19-11-14-21-12-5-2-6-13-21)24(20-32-23-17-9-4-10-18-23)31-25(28-27)22-15-7-3-8-16-22/h2-18,24H,19-20H2,1H3/b14-11+/t24-,27-/m1/s1. The van der Waals surface area contributed by atoms with E-state index in [1.54, 1.807) is 0 Å². The topological polar surface area (TPSA) is 47.9 Å². The van der Waals surface area contributed by atoms with Crippen LogP contribution in [0.25, 0.3) is 6.08 Å². The summed E-state index contributed by atoms with van der Waals surface area (Å²) in [6, 6.07) is 30.1. The summed E-state index contributed by atoms with van der Waals surface area (Å²) < 4.78 is 12.9. The molecule has 0 aliphatic carbocycles. The average molecular weight is 490 g/mol. The predicted molar refractivity (Wildman–Crippen MR) is 129 cm³/mol. The summed E-state index contributed by atoms with van der Waals surface area (Å²) in [7, 11) is 1.42. The van der Waals surface area contributed by atoms with Crippen LogP contribution in [0.2, 0.25) is 5.32 Å². The van der Waals surface area contributed by atoms with Crippen molar-refractivity contribution in [3.8, 4) is 0 Å². The Labute approximate surface area is 195 Å². The van der Waals surface area contributed by atoms with Crippen molar-refractivity contribution in [2.75, 3.05) is 7.11 Å². The fourth-order valence-corrected chi connectivity index (χ4v) is 5.81. The van der Waals surface area contributed by atoms with E-state index >= 15 is 0 Å². The Balaban J connectivity index is 1.65. The van der Waals surface area contributed by atoms with E-state index in [1.807, 2.05) is 91.0 Å². The maximum absolute atomic E-state index is 13.1. The van der Waals surface area contributed by atoms with Gasteiger partial charge in [-0.3, -0.25) is 0 Å². The van der Waals surface area contributed by atoms with Gasteiger partial charge >= 0.3 is 195 Å². The number of carbonyl (C=O) groups excluding carboxylic acids is 1. The van der Waals surface area contributed by atoms with Gasteiger partial charge in [-0.1, -0.05) is 0 Å². The van der Waals surface area contributed by atoms with Gasteiger partial charge in [-0.25, -0.2) is 0 Å². The summed E-state index contributed by atoms with van der Waals surface area (Å²) in [5.74, 6) is 0.132. The van der Waals surface area contributed by atoms with Crippen LogP contribution in [0, 0.1) is 0 Å².